The average Bonchev–Trinajstić information content (AvgIpc) is 3.02. The Morgan fingerprint density at radius 2 is 1.81 bits per heavy atom. The smallest absolute Gasteiger partial charge is 0.317 e. The van der Waals surface area contributed by atoms with E-state index < -0.39 is 11.5 Å². The zero-order chi connectivity index (χ0) is 19.0. The lowest BCUT2D eigenvalue weighted by Gasteiger charge is -2.28. The number of urea groups is 1. The minimum absolute atomic E-state index is 0.0507. The molecule has 3 amide bonds. The van der Waals surface area contributed by atoms with Gasteiger partial charge < -0.3 is 20.6 Å². The average molecular weight is 361 g/mol. The van der Waals surface area contributed by atoms with Crippen molar-refractivity contribution in [1.29, 1.82) is 0 Å². The van der Waals surface area contributed by atoms with E-state index in [0.717, 1.165) is 18.4 Å². The lowest BCUT2D eigenvalue weighted by Crippen LogP contribution is -2.48. The van der Waals surface area contributed by atoms with Crippen LogP contribution >= 0.6 is 0 Å². The van der Waals surface area contributed by atoms with E-state index in [1.54, 1.807) is 11.9 Å². The van der Waals surface area contributed by atoms with Gasteiger partial charge in [-0.15, -0.1) is 0 Å². The second-order valence-corrected chi connectivity index (χ2v) is 6.93. The van der Waals surface area contributed by atoms with Gasteiger partial charge in [-0.25, -0.2) is 4.79 Å². The van der Waals surface area contributed by atoms with Crippen LogP contribution in [0.1, 0.15) is 44.1 Å². The second-order valence-electron chi connectivity index (χ2n) is 6.93. The summed E-state index contributed by atoms with van der Waals surface area (Å²) in [5.41, 5.74) is 0.400. The second kappa shape index (κ2) is 9.22. The molecular formula is C19H27N3O4. The standard InChI is InChI=1S/C19H27N3O4/c1-22(14-15-7-3-2-4-8-15)18(26)20-12-9-16(23)21-19(13-17(24)25)10-5-6-11-19/h2-4,7-8H,5-6,9-14H2,1H3,(H,20,26)(H,21,23)(H,24,25). The van der Waals surface area contributed by atoms with Crippen molar-refractivity contribution in [3.63, 3.8) is 0 Å². The third-order valence-corrected chi connectivity index (χ3v) is 4.69. The number of carbonyl (C=O) groups excluding carboxylic acids is 2. The van der Waals surface area contributed by atoms with Gasteiger partial charge >= 0.3 is 12.0 Å². The van der Waals surface area contributed by atoms with Crippen LogP contribution in [0.15, 0.2) is 30.3 Å². The number of hydrogen-bond donors (Lipinski definition) is 3. The summed E-state index contributed by atoms with van der Waals surface area (Å²) in [5.74, 6) is -1.12. The Morgan fingerprint density at radius 1 is 1.15 bits per heavy atom. The molecule has 0 unspecified atom stereocenters. The Labute approximate surface area is 153 Å². The van der Waals surface area contributed by atoms with Gasteiger partial charge in [0.25, 0.3) is 0 Å². The molecular weight excluding hydrogens is 334 g/mol. The molecule has 142 valence electrons. The first-order valence-corrected chi connectivity index (χ1v) is 8.96. The van der Waals surface area contributed by atoms with Crippen LogP contribution in [0.4, 0.5) is 4.79 Å². The normalized spacial score (nSPS) is 15.3. The van der Waals surface area contributed by atoms with Gasteiger partial charge in [-0.2, -0.15) is 0 Å². The number of carboxylic acid groups (broad SMARTS) is 1. The Kier molecular flexibility index (Phi) is 7.00. The number of carbonyl (C=O) groups is 3. The van der Waals surface area contributed by atoms with Crippen LogP contribution in [-0.2, 0) is 16.1 Å². The van der Waals surface area contributed by atoms with Gasteiger partial charge in [-0.1, -0.05) is 43.2 Å². The van der Waals surface area contributed by atoms with E-state index in [2.05, 4.69) is 10.6 Å². The molecule has 1 aliphatic rings. The fraction of sp³-hybridized carbons (Fsp3) is 0.526. The molecule has 3 N–H and O–H groups in total. The first-order valence-electron chi connectivity index (χ1n) is 8.96. The molecule has 26 heavy (non-hydrogen) atoms. The van der Waals surface area contributed by atoms with E-state index in [1.807, 2.05) is 30.3 Å². The van der Waals surface area contributed by atoms with Crippen LogP contribution in [0.5, 0.6) is 0 Å². The fourth-order valence-electron chi connectivity index (χ4n) is 3.39. The summed E-state index contributed by atoms with van der Waals surface area (Å²) in [4.78, 5) is 36.9. The van der Waals surface area contributed by atoms with Crippen LogP contribution in [0.2, 0.25) is 0 Å². The Hall–Kier alpha value is -2.57. The summed E-state index contributed by atoms with van der Waals surface area (Å²) in [6.45, 7) is 0.702. The van der Waals surface area contributed by atoms with E-state index in [0.29, 0.717) is 19.4 Å². The molecule has 0 saturated heterocycles. The van der Waals surface area contributed by atoms with Crippen molar-refractivity contribution in [3.05, 3.63) is 35.9 Å². The maximum atomic E-state index is 12.2. The van der Waals surface area contributed by atoms with E-state index in [4.69, 9.17) is 5.11 Å². The summed E-state index contributed by atoms with van der Waals surface area (Å²) in [6.07, 6.45) is 3.31. The van der Waals surface area contributed by atoms with Crippen LogP contribution < -0.4 is 10.6 Å². The molecule has 1 saturated carbocycles. The zero-order valence-corrected chi connectivity index (χ0v) is 15.2. The van der Waals surface area contributed by atoms with E-state index in [9.17, 15) is 14.4 Å². The summed E-state index contributed by atoms with van der Waals surface area (Å²) in [6, 6.07) is 9.40. The summed E-state index contributed by atoms with van der Waals surface area (Å²) >= 11 is 0. The highest BCUT2D eigenvalue weighted by molar-refractivity contribution is 5.80. The molecule has 1 aliphatic carbocycles. The van der Waals surface area contributed by atoms with E-state index in [-0.39, 0.29) is 31.3 Å². The Bertz CT molecular complexity index is 627. The SMILES string of the molecule is CN(Cc1ccccc1)C(=O)NCCC(=O)NC1(CC(=O)O)CCCC1. The van der Waals surface area contributed by atoms with Crippen molar-refractivity contribution in [3.8, 4) is 0 Å². The predicted molar refractivity (Wildman–Crippen MR) is 97.5 cm³/mol. The number of benzene rings is 1. The molecule has 1 fully saturated rings. The van der Waals surface area contributed by atoms with Gasteiger partial charge in [0.05, 0.1) is 12.0 Å². The molecule has 0 spiro atoms. The van der Waals surface area contributed by atoms with Crippen molar-refractivity contribution in [1.82, 2.24) is 15.5 Å². The van der Waals surface area contributed by atoms with Crippen molar-refractivity contribution in [2.75, 3.05) is 13.6 Å². The van der Waals surface area contributed by atoms with E-state index >= 15 is 0 Å². The van der Waals surface area contributed by atoms with Gasteiger partial charge in [-0.3, -0.25) is 9.59 Å². The largest absolute Gasteiger partial charge is 0.481 e. The molecule has 0 radical (unpaired) electrons. The maximum absolute atomic E-state index is 12.2. The zero-order valence-electron chi connectivity index (χ0n) is 15.2. The molecule has 0 atom stereocenters. The minimum Gasteiger partial charge on any atom is -0.481 e. The highest BCUT2D eigenvalue weighted by Crippen LogP contribution is 2.32. The molecule has 0 bridgehead atoms. The van der Waals surface area contributed by atoms with Crippen molar-refractivity contribution in [2.45, 2.75) is 50.6 Å². The molecule has 0 heterocycles. The number of amides is 3. The number of nitrogens with one attached hydrogen (secondary N) is 2. The fourth-order valence-corrected chi connectivity index (χ4v) is 3.39. The molecule has 1 aromatic rings. The van der Waals surface area contributed by atoms with Crippen LogP contribution in [0.3, 0.4) is 0 Å². The first-order chi connectivity index (χ1) is 12.4. The lowest BCUT2D eigenvalue weighted by molar-refractivity contribution is -0.139. The molecule has 7 nitrogen and oxygen atoms in total. The van der Waals surface area contributed by atoms with Crippen molar-refractivity contribution >= 4 is 17.9 Å². The summed E-state index contributed by atoms with van der Waals surface area (Å²) in [5, 5.41) is 14.7. The predicted octanol–water partition coefficient (Wildman–Crippen LogP) is 2.12. The van der Waals surface area contributed by atoms with Gasteiger partial charge in [-0.05, 0) is 18.4 Å². The molecule has 0 aliphatic heterocycles. The lowest BCUT2D eigenvalue weighted by atomic mass is 9.93. The highest BCUT2D eigenvalue weighted by atomic mass is 16.4. The van der Waals surface area contributed by atoms with Crippen LogP contribution in [0, 0.1) is 0 Å². The van der Waals surface area contributed by atoms with Crippen molar-refractivity contribution in [2.24, 2.45) is 0 Å². The maximum Gasteiger partial charge on any atom is 0.317 e. The Balaban J connectivity index is 1.73. The molecule has 1 aromatic carbocycles. The van der Waals surface area contributed by atoms with Crippen LogP contribution in [-0.4, -0.2) is 47.0 Å². The minimum atomic E-state index is -0.900. The number of hydrogen-bond acceptors (Lipinski definition) is 3. The van der Waals surface area contributed by atoms with Gasteiger partial charge in [0.2, 0.25) is 5.91 Å². The third-order valence-electron chi connectivity index (χ3n) is 4.69. The molecule has 0 aromatic heterocycles. The number of nitrogens with zero attached hydrogens (tertiary/aromatic N) is 1. The van der Waals surface area contributed by atoms with Gasteiger partial charge in [0, 0.05) is 26.6 Å². The number of rotatable bonds is 8. The molecule has 2 rings (SSSR count). The number of carboxylic acids is 1. The van der Waals surface area contributed by atoms with Crippen LogP contribution in [0.25, 0.3) is 0 Å². The van der Waals surface area contributed by atoms with Gasteiger partial charge in [0.15, 0.2) is 0 Å². The third kappa shape index (κ3) is 6.06. The monoisotopic (exact) mass is 361 g/mol. The first kappa shape index (κ1) is 19.8. The quantitative estimate of drug-likeness (QED) is 0.660. The highest BCUT2D eigenvalue weighted by Gasteiger charge is 2.37. The Morgan fingerprint density at radius 3 is 2.42 bits per heavy atom. The summed E-state index contributed by atoms with van der Waals surface area (Å²) in [7, 11) is 1.70. The number of aliphatic carboxylic acids is 1. The van der Waals surface area contributed by atoms with E-state index in [1.165, 1.54) is 0 Å². The molecule has 7 heteroatoms. The topological polar surface area (TPSA) is 98.7 Å². The van der Waals surface area contributed by atoms with Gasteiger partial charge in [0.1, 0.15) is 0 Å². The summed E-state index contributed by atoms with van der Waals surface area (Å²) < 4.78 is 0. The van der Waals surface area contributed by atoms with Crippen molar-refractivity contribution < 1.29 is 19.5 Å².